The van der Waals surface area contributed by atoms with Gasteiger partial charge < -0.3 is 0 Å². The van der Waals surface area contributed by atoms with E-state index in [1.165, 1.54) is 16.9 Å². The number of hydrogen-bond acceptors (Lipinski definition) is 2. The van der Waals surface area contributed by atoms with Crippen molar-refractivity contribution in [2.75, 3.05) is 7.05 Å². The van der Waals surface area contributed by atoms with Crippen LogP contribution in [0.3, 0.4) is 0 Å². The lowest BCUT2D eigenvalue weighted by Crippen LogP contribution is -2.24. The maximum atomic E-state index is 10.8. The summed E-state index contributed by atoms with van der Waals surface area (Å²) in [6, 6.07) is -0.393. The summed E-state index contributed by atoms with van der Waals surface area (Å²) in [4.78, 5) is 24.1. The molecular formula is C5H5BrN2O2. The molecule has 5 heteroatoms. The van der Waals surface area contributed by atoms with Crippen LogP contribution in [0.5, 0.6) is 0 Å². The van der Waals surface area contributed by atoms with Gasteiger partial charge in [-0.05, 0) is 0 Å². The number of hydrogen-bond donors (Lipinski definition) is 1. The topological polar surface area (TPSA) is 49.4 Å². The molecule has 4 nitrogen and oxygen atoms in total. The van der Waals surface area contributed by atoms with Crippen molar-refractivity contribution in [2.45, 2.75) is 0 Å². The molecule has 0 radical (unpaired) electrons. The van der Waals surface area contributed by atoms with Crippen molar-refractivity contribution in [3.8, 4) is 0 Å². The highest BCUT2D eigenvalue weighted by Crippen LogP contribution is 2.10. The van der Waals surface area contributed by atoms with E-state index in [-0.39, 0.29) is 5.91 Å². The summed E-state index contributed by atoms with van der Waals surface area (Å²) in [7, 11) is 1.52. The van der Waals surface area contributed by atoms with Gasteiger partial charge in [-0.15, -0.1) is 0 Å². The second-order valence-corrected chi connectivity index (χ2v) is 2.27. The first-order chi connectivity index (χ1) is 4.66. The van der Waals surface area contributed by atoms with Gasteiger partial charge in [-0.3, -0.25) is 15.0 Å². The Hall–Kier alpha value is -0.840. The molecule has 0 aromatic rings. The summed E-state index contributed by atoms with van der Waals surface area (Å²) in [5, 5.41) is 2.12. The lowest BCUT2D eigenvalue weighted by Gasteiger charge is -2.03. The van der Waals surface area contributed by atoms with E-state index in [0.717, 1.165) is 0 Å². The van der Waals surface area contributed by atoms with Crippen LogP contribution in [0.1, 0.15) is 0 Å². The fourth-order valence-electron chi connectivity index (χ4n) is 0.629. The molecule has 1 N–H and O–H groups in total. The van der Waals surface area contributed by atoms with E-state index >= 15 is 0 Å². The van der Waals surface area contributed by atoms with Crippen LogP contribution in [0.4, 0.5) is 4.79 Å². The summed E-state index contributed by atoms with van der Waals surface area (Å²) < 4.78 is 0. The number of urea groups is 1. The number of carbonyl (C=O) groups is 2. The molecule has 1 aliphatic heterocycles. The smallest absolute Gasteiger partial charge is 0.292 e. The standard InChI is InChI=1S/C5H5BrN2O2/c1-8-3(2-6)4(9)7-5(8)10/h2H,1H3,(H,7,9,10)/b3-2+. The van der Waals surface area contributed by atoms with Crippen molar-refractivity contribution in [1.82, 2.24) is 10.2 Å². The molecule has 0 bridgehead atoms. The average molecular weight is 205 g/mol. The normalized spacial score (nSPS) is 22.2. The Morgan fingerprint density at radius 3 is 2.40 bits per heavy atom. The maximum absolute atomic E-state index is 10.8. The van der Waals surface area contributed by atoms with E-state index in [2.05, 4.69) is 21.2 Å². The summed E-state index contributed by atoms with van der Waals surface area (Å²) in [5.74, 6) is -0.371. The van der Waals surface area contributed by atoms with Crippen LogP contribution in [0.25, 0.3) is 0 Å². The van der Waals surface area contributed by atoms with Crippen molar-refractivity contribution in [1.29, 1.82) is 0 Å². The van der Waals surface area contributed by atoms with Gasteiger partial charge in [-0.1, -0.05) is 15.9 Å². The van der Waals surface area contributed by atoms with Gasteiger partial charge in [0.15, 0.2) is 0 Å². The molecule has 1 heterocycles. The monoisotopic (exact) mass is 204 g/mol. The molecule has 0 aromatic carbocycles. The zero-order chi connectivity index (χ0) is 7.72. The molecule has 0 aliphatic carbocycles. The molecular weight excluding hydrogens is 200 g/mol. The highest BCUT2D eigenvalue weighted by Gasteiger charge is 2.28. The van der Waals surface area contributed by atoms with Crippen molar-refractivity contribution < 1.29 is 9.59 Å². The van der Waals surface area contributed by atoms with Crippen LogP contribution in [0.15, 0.2) is 10.7 Å². The van der Waals surface area contributed by atoms with Gasteiger partial charge in [0.1, 0.15) is 5.70 Å². The van der Waals surface area contributed by atoms with Gasteiger partial charge in [0.25, 0.3) is 5.91 Å². The highest BCUT2D eigenvalue weighted by molar-refractivity contribution is 9.11. The second-order valence-electron chi connectivity index (χ2n) is 1.81. The predicted molar refractivity (Wildman–Crippen MR) is 38.3 cm³/mol. The summed E-state index contributed by atoms with van der Waals surface area (Å²) in [5.41, 5.74) is 0.324. The van der Waals surface area contributed by atoms with E-state index in [4.69, 9.17) is 0 Å². The third kappa shape index (κ3) is 0.923. The molecule has 1 rings (SSSR count). The number of imide groups is 1. The third-order valence-electron chi connectivity index (χ3n) is 1.22. The van der Waals surface area contributed by atoms with Crippen LogP contribution < -0.4 is 5.32 Å². The van der Waals surface area contributed by atoms with E-state index in [1.807, 2.05) is 0 Å². The van der Waals surface area contributed by atoms with E-state index in [1.54, 1.807) is 0 Å². The minimum absolute atomic E-state index is 0.324. The van der Waals surface area contributed by atoms with Crippen molar-refractivity contribution in [2.24, 2.45) is 0 Å². The first kappa shape index (κ1) is 7.27. The molecule has 1 saturated heterocycles. The van der Waals surface area contributed by atoms with E-state index < -0.39 is 6.03 Å². The predicted octanol–water partition coefficient (Wildman–Crippen LogP) is 0.404. The Morgan fingerprint density at radius 2 is 2.20 bits per heavy atom. The van der Waals surface area contributed by atoms with Crippen LogP contribution in [0.2, 0.25) is 0 Å². The minimum atomic E-state index is -0.393. The molecule has 1 fully saturated rings. The van der Waals surface area contributed by atoms with Gasteiger partial charge in [0, 0.05) is 12.0 Å². The van der Waals surface area contributed by atoms with Crippen molar-refractivity contribution in [3.63, 3.8) is 0 Å². The Bertz CT molecular complexity index is 224. The first-order valence-corrected chi connectivity index (χ1v) is 3.48. The second kappa shape index (κ2) is 2.42. The SMILES string of the molecule is CN1C(=O)NC(=O)/C1=C\Br. The van der Waals surface area contributed by atoms with Gasteiger partial charge in [-0.25, -0.2) is 4.79 Å². The quantitative estimate of drug-likeness (QED) is 0.459. The average Bonchev–Trinajstić information content (AvgIpc) is 2.09. The first-order valence-electron chi connectivity index (χ1n) is 2.56. The Morgan fingerprint density at radius 1 is 1.60 bits per heavy atom. The Kier molecular flexibility index (Phi) is 1.76. The summed E-state index contributed by atoms with van der Waals surface area (Å²) in [6.45, 7) is 0. The number of nitrogens with zero attached hydrogens (tertiary/aromatic N) is 1. The zero-order valence-corrected chi connectivity index (χ0v) is 6.81. The van der Waals surface area contributed by atoms with E-state index in [9.17, 15) is 9.59 Å². The molecule has 0 unspecified atom stereocenters. The number of nitrogens with one attached hydrogen (secondary N) is 1. The van der Waals surface area contributed by atoms with Crippen LogP contribution in [-0.4, -0.2) is 23.9 Å². The molecule has 10 heavy (non-hydrogen) atoms. The van der Waals surface area contributed by atoms with E-state index in [0.29, 0.717) is 5.70 Å². The number of carbonyl (C=O) groups excluding carboxylic acids is 2. The molecule has 0 spiro atoms. The van der Waals surface area contributed by atoms with Gasteiger partial charge >= 0.3 is 6.03 Å². The lowest BCUT2D eigenvalue weighted by molar-refractivity contribution is -0.116. The number of halogens is 1. The number of rotatable bonds is 0. The maximum Gasteiger partial charge on any atom is 0.328 e. The fraction of sp³-hybridized carbons (Fsp3) is 0.200. The van der Waals surface area contributed by atoms with Crippen LogP contribution in [-0.2, 0) is 4.79 Å². The highest BCUT2D eigenvalue weighted by atomic mass is 79.9. The zero-order valence-electron chi connectivity index (χ0n) is 5.22. The van der Waals surface area contributed by atoms with Crippen LogP contribution >= 0.6 is 15.9 Å². The van der Waals surface area contributed by atoms with Gasteiger partial charge in [-0.2, -0.15) is 0 Å². The van der Waals surface area contributed by atoms with Gasteiger partial charge in [0.05, 0.1) is 0 Å². The molecule has 0 atom stereocenters. The number of likely N-dealkylation sites (N-methyl/N-ethyl adjacent to an activating group) is 1. The molecule has 0 saturated carbocycles. The number of amides is 3. The fourth-order valence-corrected chi connectivity index (χ4v) is 1.14. The largest absolute Gasteiger partial charge is 0.328 e. The minimum Gasteiger partial charge on any atom is -0.292 e. The van der Waals surface area contributed by atoms with Crippen LogP contribution in [0, 0.1) is 0 Å². The summed E-state index contributed by atoms with van der Waals surface area (Å²) in [6.07, 6.45) is 0. The molecule has 1 aliphatic rings. The molecule has 0 aromatic heterocycles. The Labute approximate surface area is 66.0 Å². The van der Waals surface area contributed by atoms with Crippen molar-refractivity contribution in [3.05, 3.63) is 10.7 Å². The third-order valence-corrected chi connectivity index (χ3v) is 1.66. The van der Waals surface area contributed by atoms with Crippen molar-refractivity contribution >= 4 is 27.9 Å². The lowest BCUT2D eigenvalue weighted by atomic mass is 10.5. The summed E-state index contributed by atoms with van der Waals surface area (Å²) >= 11 is 2.97. The van der Waals surface area contributed by atoms with Gasteiger partial charge in [0.2, 0.25) is 0 Å². The molecule has 3 amide bonds. The Balaban J connectivity index is 2.95. The molecule has 54 valence electrons.